The van der Waals surface area contributed by atoms with Gasteiger partial charge in [-0.3, -0.25) is 4.79 Å². The molecule has 0 bridgehead atoms. The zero-order valence-electron chi connectivity index (χ0n) is 15.3. The molecule has 0 spiro atoms. The van der Waals surface area contributed by atoms with Crippen molar-refractivity contribution in [3.8, 4) is 0 Å². The van der Waals surface area contributed by atoms with Gasteiger partial charge in [0.15, 0.2) is 0 Å². The highest BCUT2D eigenvalue weighted by atomic mass is 16.1. The van der Waals surface area contributed by atoms with Crippen molar-refractivity contribution >= 4 is 11.7 Å². The molecule has 0 radical (unpaired) electrons. The van der Waals surface area contributed by atoms with Crippen LogP contribution >= 0.6 is 0 Å². The Labute approximate surface area is 155 Å². The molecule has 1 aliphatic carbocycles. The molecule has 1 aromatic heterocycles. The number of rotatable bonds is 7. The maximum atomic E-state index is 12.3. The molecule has 1 aromatic carbocycles. The Balaban J connectivity index is 1.46. The SMILES string of the molecule is O=C(NCCCc1ccccc1)c1cc(NC2CCCCCC2)ncn1. The summed E-state index contributed by atoms with van der Waals surface area (Å²) in [6.07, 6.45) is 10.8. The van der Waals surface area contributed by atoms with Gasteiger partial charge in [0.05, 0.1) is 0 Å². The van der Waals surface area contributed by atoms with Crippen molar-refractivity contribution in [2.24, 2.45) is 0 Å². The fourth-order valence-electron chi connectivity index (χ4n) is 3.42. The predicted molar refractivity (Wildman–Crippen MR) is 104 cm³/mol. The number of benzene rings is 1. The van der Waals surface area contributed by atoms with Gasteiger partial charge < -0.3 is 10.6 Å². The minimum absolute atomic E-state index is 0.135. The molecule has 0 aliphatic heterocycles. The average Bonchev–Trinajstić information content (AvgIpc) is 2.95. The van der Waals surface area contributed by atoms with Crippen molar-refractivity contribution < 1.29 is 4.79 Å². The minimum atomic E-state index is -0.135. The Kier molecular flexibility index (Phi) is 6.99. The molecule has 1 aliphatic rings. The van der Waals surface area contributed by atoms with Gasteiger partial charge in [-0.1, -0.05) is 56.0 Å². The highest BCUT2D eigenvalue weighted by Gasteiger charge is 2.14. The van der Waals surface area contributed by atoms with Crippen LogP contribution in [0.15, 0.2) is 42.7 Å². The van der Waals surface area contributed by atoms with Crippen molar-refractivity contribution in [2.45, 2.75) is 57.4 Å². The van der Waals surface area contributed by atoms with Crippen molar-refractivity contribution in [3.63, 3.8) is 0 Å². The Morgan fingerprint density at radius 2 is 1.81 bits per heavy atom. The smallest absolute Gasteiger partial charge is 0.270 e. The fourth-order valence-corrected chi connectivity index (χ4v) is 3.42. The first kappa shape index (κ1) is 18.4. The number of aromatic nitrogens is 2. The van der Waals surface area contributed by atoms with E-state index in [9.17, 15) is 4.79 Å². The van der Waals surface area contributed by atoms with E-state index in [0.717, 1.165) is 18.7 Å². The number of hydrogen-bond acceptors (Lipinski definition) is 4. The maximum Gasteiger partial charge on any atom is 0.270 e. The molecule has 5 heteroatoms. The lowest BCUT2D eigenvalue weighted by molar-refractivity contribution is 0.0948. The predicted octanol–water partition coefficient (Wildman–Crippen LogP) is 3.97. The van der Waals surface area contributed by atoms with E-state index >= 15 is 0 Å². The van der Waals surface area contributed by atoms with E-state index in [1.54, 1.807) is 6.07 Å². The second-order valence-electron chi connectivity index (χ2n) is 6.97. The van der Waals surface area contributed by atoms with Crippen LogP contribution in [-0.4, -0.2) is 28.5 Å². The molecule has 3 rings (SSSR count). The number of amides is 1. The number of nitrogens with zero attached hydrogens (tertiary/aromatic N) is 2. The molecule has 138 valence electrons. The van der Waals surface area contributed by atoms with E-state index in [1.807, 2.05) is 18.2 Å². The van der Waals surface area contributed by atoms with E-state index in [1.165, 1.54) is 50.4 Å². The molecule has 0 atom stereocenters. The second-order valence-corrected chi connectivity index (χ2v) is 6.97. The van der Waals surface area contributed by atoms with Gasteiger partial charge in [-0.15, -0.1) is 0 Å². The summed E-state index contributed by atoms with van der Waals surface area (Å²) in [5, 5.41) is 6.43. The lowest BCUT2D eigenvalue weighted by Crippen LogP contribution is -2.26. The molecule has 5 nitrogen and oxygen atoms in total. The number of carbonyl (C=O) groups is 1. The molecule has 0 saturated heterocycles. The first-order chi connectivity index (χ1) is 12.8. The van der Waals surface area contributed by atoms with Crippen LogP contribution in [0.1, 0.15) is 61.0 Å². The topological polar surface area (TPSA) is 66.9 Å². The zero-order chi connectivity index (χ0) is 18.0. The van der Waals surface area contributed by atoms with Crippen molar-refractivity contribution in [2.75, 3.05) is 11.9 Å². The highest BCUT2D eigenvalue weighted by Crippen LogP contribution is 2.20. The third kappa shape index (κ3) is 5.83. The molecule has 2 N–H and O–H groups in total. The number of carbonyl (C=O) groups excluding carboxylic acids is 1. The molecule has 1 heterocycles. The summed E-state index contributed by atoms with van der Waals surface area (Å²) in [5.41, 5.74) is 1.72. The van der Waals surface area contributed by atoms with Gasteiger partial charge in [-0.25, -0.2) is 9.97 Å². The van der Waals surface area contributed by atoms with Gasteiger partial charge in [-0.2, -0.15) is 0 Å². The number of anilines is 1. The van der Waals surface area contributed by atoms with E-state index in [-0.39, 0.29) is 5.91 Å². The molecule has 26 heavy (non-hydrogen) atoms. The van der Waals surface area contributed by atoms with Gasteiger partial charge in [0.2, 0.25) is 0 Å². The lowest BCUT2D eigenvalue weighted by Gasteiger charge is -2.16. The Bertz CT molecular complexity index is 681. The van der Waals surface area contributed by atoms with Crippen molar-refractivity contribution in [1.82, 2.24) is 15.3 Å². The number of nitrogens with one attached hydrogen (secondary N) is 2. The van der Waals surface area contributed by atoms with Gasteiger partial charge >= 0.3 is 0 Å². The molecule has 1 amide bonds. The fraction of sp³-hybridized carbons (Fsp3) is 0.476. The number of aryl methyl sites for hydroxylation is 1. The maximum absolute atomic E-state index is 12.3. The van der Waals surface area contributed by atoms with Gasteiger partial charge in [0, 0.05) is 18.7 Å². The molecular formula is C21H28N4O. The monoisotopic (exact) mass is 352 g/mol. The summed E-state index contributed by atoms with van der Waals surface area (Å²) in [7, 11) is 0. The Hall–Kier alpha value is -2.43. The molecule has 2 aromatic rings. The first-order valence-corrected chi connectivity index (χ1v) is 9.72. The van der Waals surface area contributed by atoms with Crippen LogP contribution in [0.25, 0.3) is 0 Å². The highest BCUT2D eigenvalue weighted by molar-refractivity contribution is 5.92. The first-order valence-electron chi connectivity index (χ1n) is 9.72. The van der Waals surface area contributed by atoms with Crippen LogP contribution in [0.5, 0.6) is 0 Å². The van der Waals surface area contributed by atoms with Gasteiger partial charge in [0.25, 0.3) is 5.91 Å². The summed E-state index contributed by atoms with van der Waals surface area (Å²) in [6, 6.07) is 12.5. The van der Waals surface area contributed by atoms with Crippen LogP contribution in [0.3, 0.4) is 0 Å². The van der Waals surface area contributed by atoms with Crippen molar-refractivity contribution in [1.29, 1.82) is 0 Å². The number of hydrogen-bond donors (Lipinski definition) is 2. The van der Waals surface area contributed by atoms with Crippen LogP contribution in [-0.2, 0) is 6.42 Å². The largest absolute Gasteiger partial charge is 0.367 e. The average molecular weight is 352 g/mol. The third-order valence-corrected chi connectivity index (χ3v) is 4.88. The van der Waals surface area contributed by atoms with Crippen LogP contribution in [0.2, 0.25) is 0 Å². The molecule has 0 unspecified atom stereocenters. The van der Waals surface area contributed by atoms with Crippen LogP contribution < -0.4 is 10.6 Å². The zero-order valence-corrected chi connectivity index (χ0v) is 15.3. The third-order valence-electron chi connectivity index (χ3n) is 4.88. The Morgan fingerprint density at radius 3 is 2.58 bits per heavy atom. The lowest BCUT2D eigenvalue weighted by atomic mass is 10.1. The standard InChI is InChI=1S/C21H28N4O/c26-21(22-14-8-11-17-9-4-3-5-10-17)19-15-20(24-16-23-19)25-18-12-6-1-2-7-13-18/h3-5,9-10,15-16,18H,1-2,6-8,11-14H2,(H,22,26)(H,23,24,25). The summed E-state index contributed by atoms with van der Waals surface area (Å²) in [6.45, 7) is 0.642. The van der Waals surface area contributed by atoms with E-state index < -0.39 is 0 Å². The Morgan fingerprint density at radius 1 is 1.04 bits per heavy atom. The minimum Gasteiger partial charge on any atom is -0.367 e. The summed E-state index contributed by atoms with van der Waals surface area (Å²) in [4.78, 5) is 20.7. The van der Waals surface area contributed by atoms with E-state index in [4.69, 9.17) is 0 Å². The molecular weight excluding hydrogens is 324 g/mol. The molecule has 1 saturated carbocycles. The summed E-state index contributed by atoms with van der Waals surface area (Å²) in [5.74, 6) is 0.616. The summed E-state index contributed by atoms with van der Waals surface area (Å²) >= 11 is 0. The molecule has 1 fully saturated rings. The second kappa shape index (κ2) is 9.90. The van der Waals surface area contributed by atoms with Crippen LogP contribution in [0.4, 0.5) is 5.82 Å². The van der Waals surface area contributed by atoms with E-state index in [0.29, 0.717) is 18.3 Å². The summed E-state index contributed by atoms with van der Waals surface area (Å²) < 4.78 is 0. The van der Waals surface area contributed by atoms with E-state index in [2.05, 4.69) is 32.7 Å². The van der Waals surface area contributed by atoms with Crippen LogP contribution in [0, 0.1) is 0 Å². The van der Waals surface area contributed by atoms with Gasteiger partial charge in [0.1, 0.15) is 17.8 Å². The van der Waals surface area contributed by atoms with Crippen molar-refractivity contribution in [3.05, 3.63) is 54.0 Å². The quantitative estimate of drug-likeness (QED) is 0.584. The normalized spacial score (nSPS) is 15.2. The van der Waals surface area contributed by atoms with Gasteiger partial charge in [-0.05, 0) is 31.2 Å².